The molecule has 1 heterocycles. The van der Waals surface area contributed by atoms with Crippen molar-refractivity contribution in [1.82, 2.24) is 0 Å². The molecule has 1 aliphatic heterocycles. The maximum atomic E-state index is 13.0. The predicted molar refractivity (Wildman–Crippen MR) is 96.3 cm³/mol. The fraction of sp³-hybridized carbons (Fsp3) is 0.333. The topological polar surface area (TPSA) is 76.1 Å². The number of benzene rings is 2. The van der Waals surface area contributed by atoms with Crippen LogP contribution in [0.2, 0.25) is 0 Å². The van der Waals surface area contributed by atoms with Crippen LogP contribution in [0.4, 0.5) is 4.39 Å². The average Bonchev–Trinajstić information content (AvgIpc) is 2.67. The van der Waals surface area contributed by atoms with Gasteiger partial charge in [-0.05, 0) is 48.1 Å². The van der Waals surface area contributed by atoms with Crippen LogP contribution in [-0.4, -0.2) is 18.6 Å². The maximum absolute atomic E-state index is 13.0. The summed E-state index contributed by atoms with van der Waals surface area (Å²) in [6, 6.07) is 16.5. The zero-order chi connectivity index (χ0) is 18.5. The molecule has 4 nitrogen and oxygen atoms in total. The lowest BCUT2D eigenvalue weighted by Crippen LogP contribution is -2.37. The van der Waals surface area contributed by atoms with Gasteiger partial charge in [0.05, 0.1) is 18.1 Å². The number of hydrogen-bond acceptors (Lipinski definition) is 3. The van der Waals surface area contributed by atoms with Crippen molar-refractivity contribution < 1.29 is 13.9 Å². The molecule has 3 rings (SSSR count). The van der Waals surface area contributed by atoms with Gasteiger partial charge in [-0.2, -0.15) is 5.26 Å². The summed E-state index contributed by atoms with van der Waals surface area (Å²) in [4.78, 5) is 11.4. The van der Waals surface area contributed by atoms with Crippen molar-refractivity contribution in [3.05, 3.63) is 59.9 Å². The molecule has 2 N–H and O–H groups in total. The zero-order valence-corrected chi connectivity index (χ0v) is 14.4. The van der Waals surface area contributed by atoms with Crippen molar-refractivity contribution in [1.29, 1.82) is 5.26 Å². The lowest BCUT2D eigenvalue weighted by molar-refractivity contribution is -0.127. The quantitative estimate of drug-likeness (QED) is 0.895. The number of nitrogens with zero attached hydrogens (tertiary/aromatic N) is 1. The molecule has 3 unspecified atom stereocenters. The third kappa shape index (κ3) is 4.27. The van der Waals surface area contributed by atoms with Gasteiger partial charge in [0.1, 0.15) is 5.82 Å². The Labute approximate surface area is 152 Å². The predicted octanol–water partition coefficient (Wildman–Crippen LogP) is 3.46. The average molecular weight is 352 g/mol. The van der Waals surface area contributed by atoms with Gasteiger partial charge >= 0.3 is 0 Å². The summed E-state index contributed by atoms with van der Waals surface area (Å²) < 4.78 is 18.8. The first-order valence-electron chi connectivity index (χ1n) is 8.72. The van der Waals surface area contributed by atoms with Crippen molar-refractivity contribution >= 4 is 5.91 Å². The third-order valence-electron chi connectivity index (χ3n) is 4.92. The Bertz CT molecular complexity index is 796. The molecule has 1 fully saturated rings. The van der Waals surface area contributed by atoms with Gasteiger partial charge in [0.15, 0.2) is 0 Å². The number of amides is 1. The van der Waals surface area contributed by atoms with Crippen LogP contribution >= 0.6 is 0 Å². The van der Waals surface area contributed by atoms with Crippen molar-refractivity contribution in [2.75, 3.05) is 6.61 Å². The van der Waals surface area contributed by atoms with E-state index in [9.17, 15) is 14.4 Å². The van der Waals surface area contributed by atoms with E-state index in [1.165, 1.54) is 12.1 Å². The molecule has 0 aromatic heterocycles. The molecule has 0 radical (unpaired) electrons. The summed E-state index contributed by atoms with van der Waals surface area (Å²) in [6.45, 7) is 0.458. The highest BCUT2D eigenvalue weighted by Gasteiger charge is 2.32. The molecule has 26 heavy (non-hydrogen) atoms. The van der Waals surface area contributed by atoms with Gasteiger partial charge in [-0.1, -0.05) is 36.4 Å². The van der Waals surface area contributed by atoms with Crippen molar-refractivity contribution in [3.8, 4) is 17.2 Å². The molecule has 1 saturated heterocycles. The number of hydrogen-bond donors (Lipinski definition) is 1. The van der Waals surface area contributed by atoms with Crippen molar-refractivity contribution in [2.45, 2.75) is 25.4 Å². The second-order valence-electron chi connectivity index (χ2n) is 6.68. The number of nitriles is 1. The summed E-state index contributed by atoms with van der Waals surface area (Å²) in [6.07, 6.45) is 1.40. The minimum atomic E-state index is -0.325. The lowest BCUT2D eigenvalue weighted by atomic mass is 9.85. The molecule has 0 spiro atoms. The summed E-state index contributed by atoms with van der Waals surface area (Å²) >= 11 is 0. The molecule has 5 heteroatoms. The maximum Gasteiger partial charge on any atom is 0.220 e. The first kappa shape index (κ1) is 18.1. The van der Waals surface area contributed by atoms with Gasteiger partial charge in [0.2, 0.25) is 5.91 Å². The van der Waals surface area contributed by atoms with Gasteiger partial charge in [0.25, 0.3) is 0 Å². The number of carbonyl (C=O) groups excluding carboxylic acids is 1. The summed E-state index contributed by atoms with van der Waals surface area (Å²) in [5, 5.41) is 9.54. The number of nitrogens with two attached hydrogens (primary N) is 1. The number of ether oxygens (including phenoxy) is 1. The van der Waals surface area contributed by atoms with Crippen LogP contribution < -0.4 is 5.73 Å². The van der Waals surface area contributed by atoms with E-state index in [4.69, 9.17) is 10.5 Å². The number of carbonyl (C=O) groups is 1. The van der Waals surface area contributed by atoms with Gasteiger partial charge < -0.3 is 10.5 Å². The lowest BCUT2D eigenvalue weighted by Gasteiger charge is -2.30. The number of primary amides is 1. The molecule has 134 valence electrons. The van der Waals surface area contributed by atoms with E-state index in [0.29, 0.717) is 25.9 Å². The van der Waals surface area contributed by atoms with E-state index >= 15 is 0 Å². The third-order valence-corrected chi connectivity index (χ3v) is 4.92. The van der Waals surface area contributed by atoms with Gasteiger partial charge in [0, 0.05) is 12.5 Å². The highest BCUT2D eigenvalue weighted by Crippen LogP contribution is 2.28. The Morgan fingerprint density at radius 3 is 2.38 bits per heavy atom. The van der Waals surface area contributed by atoms with Crippen LogP contribution in [0, 0.1) is 29.0 Å². The largest absolute Gasteiger partial charge is 0.377 e. The fourth-order valence-electron chi connectivity index (χ4n) is 3.36. The van der Waals surface area contributed by atoms with E-state index in [2.05, 4.69) is 6.07 Å². The van der Waals surface area contributed by atoms with E-state index in [0.717, 1.165) is 16.7 Å². The molecule has 1 amide bonds. The van der Waals surface area contributed by atoms with Crippen LogP contribution in [0.25, 0.3) is 11.1 Å². The fourth-order valence-corrected chi connectivity index (χ4v) is 3.36. The normalized spacial score (nSPS) is 20.9. The smallest absolute Gasteiger partial charge is 0.220 e. The van der Waals surface area contributed by atoms with Crippen molar-refractivity contribution in [2.24, 2.45) is 17.6 Å². The monoisotopic (exact) mass is 352 g/mol. The van der Waals surface area contributed by atoms with E-state index in [1.54, 1.807) is 12.1 Å². The molecule has 2 aromatic rings. The van der Waals surface area contributed by atoms with Crippen molar-refractivity contribution in [3.63, 3.8) is 0 Å². The van der Waals surface area contributed by atoms with E-state index in [1.807, 2.05) is 24.3 Å². The first-order valence-corrected chi connectivity index (χ1v) is 8.72. The van der Waals surface area contributed by atoms with E-state index in [-0.39, 0.29) is 29.7 Å². The number of rotatable bonds is 5. The van der Waals surface area contributed by atoms with Crippen LogP contribution in [0.5, 0.6) is 0 Å². The summed E-state index contributed by atoms with van der Waals surface area (Å²) in [5.74, 6) is -1.12. The zero-order valence-electron chi connectivity index (χ0n) is 14.4. The molecule has 0 bridgehead atoms. The Balaban J connectivity index is 1.68. The van der Waals surface area contributed by atoms with Gasteiger partial charge in [-0.25, -0.2) is 4.39 Å². The van der Waals surface area contributed by atoms with Crippen LogP contribution in [0.1, 0.15) is 18.4 Å². The minimum absolute atomic E-state index is 0.217. The molecular weight excluding hydrogens is 331 g/mol. The summed E-state index contributed by atoms with van der Waals surface area (Å²) in [7, 11) is 0. The standard InChI is InChI=1S/C21H21FN2O2/c22-19-7-5-16(6-8-19)15-3-1-14(2-4-15)11-18(13-23)20-12-17(21(24)25)9-10-26-20/h1-8,17-18,20H,9-12H2,(H2,24,25). The van der Waals surface area contributed by atoms with Gasteiger partial charge in [-0.15, -0.1) is 0 Å². The Kier molecular flexibility index (Phi) is 5.65. The molecule has 3 atom stereocenters. The van der Waals surface area contributed by atoms with Gasteiger partial charge in [-0.3, -0.25) is 4.79 Å². The SMILES string of the molecule is N#CC(Cc1ccc(-c2ccc(F)cc2)cc1)C1CC(C(N)=O)CCO1. The minimum Gasteiger partial charge on any atom is -0.377 e. The highest BCUT2D eigenvalue weighted by atomic mass is 19.1. The molecule has 1 aliphatic rings. The Morgan fingerprint density at radius 1 is 1.19 bits per heavy atom. The van der Waals surface area contributed by atoms with E-state index < -0.39 is 0 Å². The molecular formula is C21H21FN2O2. The Hall–Kier alpha value is -2.71. The molecule has 0 saturated carbocycles. The summed E-state index contributed by atoms with van der Waals surface area (Å²) in [5.41, 5.74) is 8.35. The number of halogens is 1. The second-order valence-corrected chi connectivity index (χ2v) is 6.68. The van der Waals surface area contributed by atoms with Crippen LogP contribution in [0.3, 0.4) is 0 Å². The molecule has 2 aromatic carbocycles. The highest BCUT2D eigenvalue weighted by molar-refractivity contribution is 5.76. The van der Waals surface area contributed by atoms with Crippen LogP contribution in [0.15, 0.2) is 48.5 Å². The molecule has 0 aliphatic carbocycles. The second kappa shape index (κ2) is 8.11. The first-order chi connectivity index (χ1) is 12.6. The Morgan fingerprint density at radius 2 is 1.81 bits per heavy atom. The van der Waals surface area contributed by atoms with Crippen LogP contribution in [-0.2, 0) is 16.0 Å².